The molecule has 0 aliphatic rings. The van der Waals surface area contributed by atoms with Gasteiger partial charge in [-0.3, -0.25) is 9.71 Å². The van der Waals surface area contributed by atoms with Gasteiger partial charge in [-0.15, -0.1) is 0 Å². The lowest BCUT2D eigenvalue weighted by Gasteiger charge is -2.12. The molecule has 0 amide bonds. The van der Waals surface area contributed by atoms with Crippen molar-refractivity contribution >= 4 is 43.2 Å². The minimum absolute atomic E-state index is 0.0301. The first-order valence-corrected chi connectivity index (χ1v) is 10.1. The standard InChI is InChI=1S/C18H14BrClN2O3S/c1-25-17-6-5-14(19)9-18(17)26(23,24)22-16-8-13(10-21-11-16)12-3-2-4-15(20)7-12/h2-11,22H,1H3. The van der Waals surface area contributed by atoms with E-state index in [0.717, 1.165) is 11.1 Å². The Hall–Kier alpha value is -2.09. The van der Waals surface area contributed by atoms with E-state index in [9.17, 15) is 8.42 Å². The first kappa shape index (κ1) is 18.7. The van der Waals surface area contributed by atoms with Crippen molar-refractivity contribution in [1.29, 1.82) is 0 Å². The molecular formula is C18H14BrClN2O3S. The number of pyridine rings is 1. The Kier molecular flexibility index (Phi) is 5.50. The van der Waals surface area contributed by atoms with Crippen molar-refractivity contribution in [1.82, 2.24) is 4.98 Å². The summed E-state index contributed by atoms with van der Waals surface area (Å²) in [5, 5.41) is 0.590. The van der Waals surface area contributed by atoms with E-state index >= 15 is 0 Å². The van der Waals surface area contributed by atoms with Crippen molar-refractivity contribution in [3.8, 4) is 16.9 Å². The number of hydrogen-bond acceptors (Lipinski definition) is 4. The van der Waals surface area contributed by atoms with Crippen molar-refractivity contribution in [3.63, 3.8) is 0 Å². The maximum absolute atomic E-state index is 12.8. The van der Waals surface area contributed by atoms with Gasteiger partial charge >= 0.3 is 0 Å². The number of halogens is 2. The fourth-order valence-corrected chi connectivity index (χ4v) is 4.33. The molecule has 26 heavy (non-hydrogen) atoms. The number of rotatable bonds is 5. The third-order valence-electron chi connectivity index (χ3n) is 3.56. The third kappa shape index (κ3) is 4.17. The number of ether oxygens (including phenoxy) is 1. The molecule has 0 atom stereocenters. The van der Waals surface area contributed by atoms with Gasteiger partial charge in [0.15, 0.2) is 0 Å². The molecule has 0 unspecified atom stereocenters. The maximum atomic E-state index is 12.8. The Labute approximate surface area is 165 Å². The summed E-state index contributed by atoms with van der Waals surface area (Å²) in [7, 11) is -2.44. The summed E-state index contributed by atoms with van der Waals surface area (Å²) >= 11 is 9.30. The van der Waals surface area contributed by atoms with E-state index in [4.69, 9.17) is 16.3 Å². The van der Waals surface area contributed by atoms with Crippen LogP contribution in [0, 0.1) is 0 Å². The lowest BCUT2D eigenvalue weighted by atomic mass is 10.1. The molecule has 0 aliphatic heterocycles. The lowest BCUT2D eigenvalue weighted by molar-refractivity contribution is 0.403. The highest BCUT2D eigenvalue weighted by molar-refractivity contribution is 9.10. The number of nitrogens with one attached hydrogen (secondary N) is 1. The Balaban J connectivity index is 1.96. The fourth-order valence-electron chi connectivity index (χ4n) is 2.39. The summed E-state index contributed by atoms with van der Waals surface area (Å²) in [5.74, 6) is 0.250. The Bertz CT molecular complexity index is 1060. The van der Waals surface area contributed by atoms with Gasteiger partial charge in [0.2, 0.25) is 0 Å². The summed E-state index contributed by atoms with van der Waals surface area (Å²) in [5.41, 5.74) is 1.92. The fraction of sp³-hybridized carbons (Fsp3) is 0.0556. The largest absolute Gasteiger partial charge is 0.495 e. The van der Waals surface area contributed by atoms with Gasteiger partial charge in [0.25, 0.3) is 10.0 Å². The Morgan fingerprint density at radius 1 is 1.08 bits per heavy atom. The van der Waals surface area contributed by atoms with E-state index in [2.05, 4.69) is 25.6 Å². The van der Waals surface area contributed by atoms with Gasteiger partial charge in [0.1, 0.15) is 10.6 Å². The molecule has 0 saturated carbocycles. The minimum atomic E-state index is -3.86. The zero-order chi connectivity index (χ0) is 18.7. The zero-order valence-electron chi connectivity index (χ0n) is 13.6. The number of hydrogen-bond donors (Lipinski definition) is 1. The molecule has 0 radical (unpaired) electrons. The zero-order valence-corrected chi connectivity index (χ0v) is 16.8. The van der Waals surface area contributed by atoms with E-state index in [1.54, 1.807) is 36.5 Å². The average molecular weight is 454 g/mol. The SMILES string of the molecule is COc1ccc(Br)cc1S(=O)(=O)Nc1cncc(-c2cccc(Cl)c2)c1. The smallest absolute Gasteiger partial charge is 0.265 e. The average Bonchev–Trinajstić information content (AvgIpc) is 2.61. The molecule has 3 rings (SSSR count). The van der Waals surface area contributed by atoms with Gasteiger partial charge in [-0.1, -0.05) is 39.7 Å². The molecule has 0 aliphatic carbocycles. The quantitative estimate of drug-likeness (QED) is 0.592. The second kappa shape index (κ2) is 7.65. The van der Waals surface area contributed by atoms with Crippen molar-refractivity contribution in [3.05, 3.63) is 70.4 Å². The van der Waals surface area contributed by atoms with Crippen LogP contribution in [0.5, 0.6) is 5.75 Å². The van der Waals surface area contributed by atoms with Gasteiger partial charge in [-0.05, 0) is 42.0 Å². The van der Waals surface area contributed by atoms with Gasteiger partial charge < -0.3 is 4.74 Å². The number of sulfonamides is 1. The number of aromatic nitrogens is 1. The Morgan fingerprint density at radius 2 is 1.88 bits per heavy atom. The highest BCUT2D eigenvalue weighted by atomic mass is 79.9. The highest BCUT2D eigenvalue weighted by Gasteiger charge is 2.20. The van der Waals surface area contributed by atoms with Gasteiger partial charge in [0, 0.05) is 21.3 Å². The molecule has 5 nitrogen and oxygen atoms in total. The second-order valence-electron chi connectivity index (χ2n) is 5.37. The van der Waals surface area contributed by atoms with Crippen LogP contribution in [0.25, 0.3) is 11.1 Å². The molecule has 0 spiro atoms. The maximum Gasteiger partial charge on any atom is 0.265 e. The number of nitrogens with zero attached hydrogens (tertiary/aromatic N) is 1. The topological polar surface area (TPSA) is 68.3 Å². The molecule has 1 N–H and O–H groups in total. The molecular weight excluding hydrogens is 440 g/mol. The van der Waals surface area contributed by atoms with Crippen LogP contribution in [0.4, 0.5) is 5.69 Å². The van der Waals surface area contributed by atoms with Crippen LogP contribution in [0.1, 0.15) is 0 Å². The predicted octanol–water partition coefficient (Wildman–Crippen LogP) is 4.97. The van der Waals surface area contributed by atoms with Crippen molar-refractivity contribution in [2.24, 2.45) is 0 Å². The normalized spacial score (nSPS) is 11.2. The van der Waals surface area contributed by atoms with Crippen molar-refractivity contribution < 1.29 is 13.2 Å². The van der Waals surface area contributed by atoms with Gasteiger partial charge in [-0.2, -0.15) is 0 Å². The molecule has 1 aromatic heterocycles. The van der Waals surface area contributed by atoms with Crippen molar-refractivity contribution in [2.75, 3.05) is 11.8 Å². The first-order chi connectivity index (χ1) is 12.4. The van der Waals surface area contributed by atoms with Crippen molar-refractivity contribution in [2.45, 2.75) is 4.90 Å². The van der Waals surface area contributed by atoms with Gasteiger partial charge in [-0.25, -0.2) is 8.42 Å². The minimum Gasteiger partial charge on any atom is -0.495 e. The number of benzene rings is 2. The highest BCUT2D eigenvalue weighted by Crippen LogP contribution is 2.30. The number of methoxy groups -OCH3 is 1. The summed E-state index contributed by atoms with van der Waals surface area (Å²) < 4.78 is 33.9. The van der Waals surface area contributed by atoms with Crippen LogP contribution in [-0.2, 0) is 10.0 Å². The summed E-state index contributed by atoms with van der Waals surface area (Å²) in [6.07, 6.45) is 3.08. The first-order valence-electron chi connectivity index (χ1n) is 7.46. The molecule has 8 heteroatoms. The van der Waals surface area contributed by atoms with E-state index in [1.807, 2.05) is 12.1 Å². The van der Waals surface area contributed by atoms with Crippen LogP contribution in [0.3, 0.4) is 0 Å². The Morgan fingerprint density at radius 3 is 2.62 bits per heavy atom. The molecule has 2 aromatic carbocycles. The van der Waals surface area contributed by atoms with Gasteiger partial charge in [0.05, 0.1) is 19.0 Å². The van der Waals surface area contributed by atoms with Crippen LogP contribution < -0.4 is 9.46 Å². The molecule has 1 heterocycles. The molecule has 0 fully saturated rings. The summed E-state index contributed by atoms with van der Waals surface area (Å²) in [4.78, 5) is 4.15. The lowest BCUT2D eigenvalue weighted by Crippen LogP contribution is -2.14. The van der Waals surface area contributed by atoms with E-state index in [1.165, 1.54) is 19.4 Å². The van der Waals surface area contributed by atoms with Crippen LogP contribution in [-0.4, -0.2) is 20.5 Å². The van der Waals surface area contributed by atoms with E-state index in [-0.39, 0.29) is 10.6 Å². The van der Waals surface area contributed by atoms with E-state index < -0.39 is 10.0 Å². The monoisotopic (exact) mass is 452 g/mol. The summed E-state index contributed by atoms with van der Waals surface area (Å²) in [6.45, 7) is 0. The van der Waals surface area contributed by atoms with E-state index in [0.29, 0.717) is 15.2 Å². The third-order valence-corrected chi connectivity index (χ3v) is 5.69. The molecule has 0 saturated heterocycles. The molecule has 134 valence electrons. The molecule has 0 bridgehead atoms. The molecule has 3 aromatic rings. The van der Waals surface area contributed by atoms with Crippen LogP contribution in [0.2, 0.25) is 5.02 Å². The number of anilines is 1. The predicted molar refractivity (Wildman–Crippen MR) is 106 cm³/mol. The van der Waals surface area contributed by atoms with Crippen LogP contribution >= 0.6 is 27.5 Å². The second-order valence-corrected chi connectivity index (χ2v) is 8.38. The van der Waals surface area contributed by atoms with Crippen LogP contribution in [0.15, 0.2) is 70.3 Å². The summed E-state index contributed by atoms with van der Waals surface area (Å²) in [6, 6.07) is 13.7.